The highest BCUT2D eigenvalue weighted by atomic mass is 19.1. The summed E-state index contributed by atoms with van der Waals surface area (Å²) >= 11 is 0. The summed E-state index contributed by atoms with van der Waals surface area (Å²) < 4.78 is 29.7. The number of imidazole rings is 1. The quantitative estimate of drug-likeness (QED) is 0.426. The molecule has 9 nitrogen and oxygen atoms in total. The number of rotatable bonds is 4. The lowest BCUT2D eigenvalue weighted by molar-refractivity contribution is -0.114. The molecular weight excluding hydrogens is 453 g/mol. The molecule has 0 aliphatic carbocycles. The van der Waals surface area contributed by atoms with Gasteiger partial charge in [0.25, 0.3) is 5.56 Å². The van der Waals surface area contributed by atoms with Crippen LogP contribution in [0.1, 0.15) is 24.5 Å². The molecule has 3 aromatic heterocycles. The number of ether oxygens (including phenoxy) is 1. The lowest BCUT2D eigenvalue weighted by Gasteiger charge is -2.20. The number of halogens is 1. The fourth-order valence-corrected chi connectivity index (χ4v) is 4.42. The summed E-state index contributed by atoms with van der Waals surface area (Å²) in [5.74, 6) is 0.130. The zero-order valence-electron chi connectivity index (χ0n) is 18.7. The average molecular weight is 473 g/mol. The first-order valence-electron chi connectivity index (χ1n) is 11.2. The van der Waals surface area contributed by atoms with E-state index in [1.54, 1.807) is 18.2 Å². The molecule has 0 saturated carbocycles. The number of carbonyl (C=O) groups is 1. The minimum Gasteiger partial charge on any atom is -0.493 e. The fraction of sp³-hybridized carbons (Fsp3) is 0.200. The van der Waals surface area contributed by atoms with Gasteiger partial charge in [0.05, 0.1) is 25.0 Å². The molecule has 0 bridgehead atoms. The van der Waals surface area contributed by atoms with Gasteiger partial charge in [-0.25, -0.2) is 13.9 Å². The van der Waals surface area contributed by atoms with E-state index in [1.165, 1.54) is 23.7 Å². The molecule has 4 heterocycles. The molecule has 0 atom stereocenters. The first-order chi connectivity index (χ1) is 17.0. The van der Waals surface area contributed by atoms with Crippen molar-refractivity contribution in [3.8, 4) is 17.0 Å². The van der Waals surface area contributed by atoms with Gasteiger partial charge in [-0.1, -0.05) is 18.2 Å². The van der Waals surface area contributed by atoms with Crippen LogP contribution in [0.25, 0.3) is 27.9 Å². The van der Waals surface area contributed by atoms with Crippen molar-refractivity contribution in [3.63, 3.8) is 0 Å². The standard InChI is InChI=1S/C25H20FN5O4/c1-14(32)27-20-13-30-21(28-20)10-8-18(29-30)17-7-9-19-22(23(17)26)25(33)31(35-19)12-16-5-2-4-15-6-3-11-34-24(15)16/h2,4-5,7-10,13H,3,6,11-12H2,1H3,(H,27,32). The van der Waals surface area contributed by atoms with Gasteiger partial charge in [-0.05, 0) is 42.7 Å². The van der Waals surface area contributed by atoms with E-state index in [0.717, 1.165) is 34.5 Å². The van der Waals surface area contributed by atoms with Gasteiger partial charge in [0.1, 0.15) is 17.0 Å². The second-order valence-electron chi connectivity index (χ2n) is 8.42. The van der Waals surface area contributed by atoms with Gasteiger partial charge in [0.15, 0.2) is 17.0 Å². The largest absolute Gasteiger partial charge is 0.493 e. The third-order valence-electron chi connectivity index (χ3n) is 5.98. The number of amides is 1. The van der Waals surface area contributed by atoms with E-state index < -0.39 is 11.4 Å². The molecule has 0 spiro atoms. The molecule has 35 heavy (non-hydrogen) atoms. The zero-order valence-corrected chi connectivity index (χ0v) is 18.7. The van der Waals surface area contributed by atoms with Crippen LogP contribution in [-0.2, 0) is 17.8 Å². The van der Waals surface area contributed by atoms with Crippen molar-refractivity contribution in [2.75, 3.05) is 11.9 Å². The van der Waals surface area contributed by atoms with E-state index in [-0.39, 0.29) is 29.0 Å². The van der Waals surface area contributed by atoms with Crippen LogP contribution in [0.3, 0.4) is 0 Å². The highest BCUT2D eigenvalue weighted by Crippen LogP contribution is 2.31. The normalized spacial score (nSPS) is 13.1. The van der Waals surface area contributed by atoms with Crippen LogP contribution >= 0.6 is 0 Å². The van der Waals surface area contributed by atoms with E-state index in [0.29, 0.717) is 23.8 Å². The molecule has 5 aromatic rings. The number of para-hydroxylation sites is 1. The van der Waals surface area contributed by atoms with E-state index >= 15 is 4.39 Å². The van der Waals surface area contributed by atoms with Crippen LogP contribution in [0.5, 0.6) is 5.75 Å². The summed E-state index contributed by atoms with van der Waals surface area (Å²) in [6.07, 6.45) is 3.39. The van der Waals surface area contributed by atoms with Crippen molar-refractivity contribution in [3.05, 3.63) is 76.0 Å². The summed E-state index contributed by atoms with van der Waals surface area (Å²) in [6.45, 7) is 2.14. The molecule has 10 heteroatoms. The smallest absolute Gasteiger partial charge is 0.293 e. The third kappa shape index (κ3) is 3.63. The number of carbonyl (C=O) groups excluding carboxylic acids is 1. The number of anilines is 1. The van der Waals surface area contributed by atoms with Crippen LogP contribution in [-0.4, -0.2) is 31.9 Å². The number of benzene rings is 2. The predicted octanol–water partition coefficient (Wildman–Crippen LogP) is 3.78. The molecule has 1 aliphatic rings. The second-order valence-corrected chi connectivity index (χ2v) is 8.42. The first kappa shape index (κ1) is 21.1. The number of fused-ring (bicyclic) bond motifs is 3. The first-order valence-corrected chi connectivity index (χ1v) is 11.2. The summed E-state index contributed by atoms with van der Waals surface area (Å²) in [5.41, 5.74) is 2.43. The molecule has 2 aromatic carbocycles. The third-order valence-corrected chi connectivity index (χ3v) is 5.98. The van der Waals surface area contributed by atoms with Crippen LogP contribution in [0, 0.1) is 5.82 Å². The Kier molecular flexibility index (Phi) is 4.87. The minimum atomic E-state index is -0.713. The Bertz CT molecular complexity index is 1680. The van der Waals surface area contributed by atoms with Gasteiger partial charge >= 0.3 is 0 Å². The van der Waals surface area contributed by atoms with Crippen molar-refractivity contribution in [2.45, 2.75) is 26.3 Å². The minimum absolute atomic E-state index is 0.136. The molecule has 0 radical (unpaired) electrons. The summed E-state index contributed by atoms with van der Waals surface area (Å²) in [7, 11) is 0. The highest BCUT2D eigenvalue weighted by molar-refractivity contribution is 5.88. The highest BCUT2D eigenvalue weighted by Gasteiger charge is 2.21. The maximum absolute atomic E-state index is 15.6. The summed E-state index contributed by atoms with van der Waals surface area (Å²) in [4.78, 5) is 28.7. The fourth-order valence-electron chi connectivity index (χ4n) is 4.42. The number of hydrogen-bond donors (Lipinski definition) is 1. The molecule has 0 unspecified atom stereocenters. The maximum atomic E-state index is 15.6. The lowest BCUT2D eigenvalue weighted by atomic mass is 10.0. The molecule has 6 rings (SSSR count). The number of nitrogens with zero attached hydrogens (tertiary/aromatic N) is 4. The van der Waals surface area contributed by atoms with Gasteiger partial charge in [-0.3, -0.25) is 9.59 Å². The lowest BCUT2D eigenvalue weighted by Crippen LogP contribution is -2.18. The molecule has 0 saturated heterocycles. The van der Waals surface area contributed by atoms with E-state index in [4.69, 9.17) is 9.26 Å². The van der Waals surface area contributed by atoms with Gasteiger partial charge in [0, 0.05) is 18.1 Å². The Hall–Kier alpha value is -4.47. The van der Waals surface area contributed by atoms with E-state index in [1.807, 2.05) is 18.2 Å². The Morgan fingerprint density at radius 1 is 1.20 bits per heavy atom. The molecule has 1 aliphatic heterocycles. The van der Waals surface area contributed by atoms with Crippen molar-refractivity contribution >= 4 is 28.3 Å². The van der Waals surface area contributed by atoms with Crippen molar-refractivity contribution in [2.24, 2.45) is 0 Å². The van der Waals surface area contributed by atoms with Crippen molar-refractivity contribution in [1.29, 1.82) is 0 Å². The Morgan fingerprint density at radius 2 is 2.09 bits per heavy atom. The molecule has 1 N–H and O–H groups in total. The Labute approximate surface area is 197 Å². The number of aryl methyl sites for hydroxylation is 1. The van der Waals surface area contributed by atoms with Crippen molar-refractivity contribution in [1.82, 2.24) is 19.3 Å². The topological polar surface area (TPSA) is 104 Å². The Morgan fingerprint density at radius 3 is 2.94 bits per heavy atom. The Balaban J connectivity index is 1.39. The zero-order chi connectivity index (χ0) is 24.1. The van der Waals surface area contributed by atoms with E-state index in [9.17, 15) is 9.59 Å². The van der Waals surface area contributed by atoms with Gasteiger partial charge < -0.3 is 14.6 Å². The number of nitrogens with one attached hydrogen (secondary N) is 1. The average Bonchev–Trinajstić information content (AvgIpc) is 3.38. The van der Waals surface area contributed by atoms with E-state index in [2.05, 4.69) is 15.4 Å². The SMILES string of the molecule is CC(=O)Nc1cn2nc(-c3ccc4on(Cc5cccc6c5OCCC6)c(=O)c4c3F)ccc2n1. The number of aromatic nitrogens is 4. The number of hydrogen-bond acceptors (Lipinski definition) is 6. The molecule has 1 amide bonds. The predicted molar refractivity (Wildman–Crippen MR) is 126 cm³/mol. The van der Waals surface area contributed by atoms with Gasteiger partial charge in [0.2, 0.25) is 5.91 Å². The van der Waals surface area contributed by atoms with Crippen LogP contribution in [0.15, 0.2) is 58.0 Å². The second kappa shape index (κ2) is 8.08. The molecule has 176 valence electrons. The van der Waals surface area contributed by atoms with Crippen LogP contribution < -0.4 is 15.6 Å². The van der Waals surface area contributed by atoms with Gasteiger partial charge in [-0.2, -0.15) is 9.84 Å². The summed E-state index contributed by atoms with van der Waals surface area (Å²) in [6, 6.07) is 12.2. The maximum Gasteiger partial charge on any atom is 0.293 e. The van der Waals surface area contributed by atoms with Gasteiger partial charge in [-0.15, -0.1) is 0 Å². The van der Waals surface area contributed by atoms with Crippen LogP contribution in [0.4, 0.5) is 10.2 Å². The van der Waals surface area contributed by atoms with Crippen molar-refractivity contribution < 1.29 is 18.4 Å². The molecular formula is C25H20FN5O4. The van der Waals surface area contributed by atoms with Crippen LogP contribution in [0.2, 0.25) is 0 Å². The molecule has 0 fully saturated rings. The monoisotopic (exact) mass is 473 g/mol. The summed E-state index contributed by atoms with van der Waals surface area (Å²) in [5, 5.41) is 6.85.